The molecular formula is C24H25N3O4S. The summed E-state index contributed by atoms with van der Waals surface area (Å²) in [6.07, 6.45) is 0.405. The van der Waals surface area contributed by atoms with Gasteiger partial charge in [0.15, 0.2) is 0 Å². The predicted molar refractivity (Wildman–Crippen MR) is 129 cm³/mol. The summed E-state index contributed by atoms with van der Waals surface area (Å²) in [7, 11) is -2.31. The number of anilines is 3. The number of hydrogen-bond donors (Lipinski definition) is 3. The molecule has 1 heterocycles. The molecule has 0 atom stereocenters. The van der Waals surface area contributed by atoms with Crippen molar-refractivity contribution < 1.29 is 17.7 Å². The second-order valence-corrected chi connectivity index (χ2v) is 9.29. The average molecular weight is 452 g/mol. The number of para-hydroxylation sites is 2. The van der Waals surface area contributed by atoms with Gasteiger partial charge in [0.2, 0.25) is 0 Å². The van der Waals surface area contributed by atoms with E-state index in [4.69, 9.17) is 4.98 Å². The number of aliphatic hydroxyl groups is 1. The first kappa shape index (κ1) is 22.0. The minimum atomic E-state index is -3.48. The van der Waals surface area contributed by atoms with Crippen molar-refractivity contribution in [1.29, 1.82) is 0 Å². The average Bonchev–Trinajstić information content (AvgIpc) is 2.81. The van der Waals surface area contributed by atoms with E-state index in [-0.39, 0.29) is 12.4 Å². The van der Waals surface area contributed by atoms with Crippen LogP contribution in [0.15, 0.2) is 66.7 Å². The van der Waals surface area contributed by atoms with E-state index in [2.05, 4.69) is 14.8 Å². The number of aliphatic hydroxyl groups excluding tert-OH is 1. The third kappa shape index (κ3) is 4.99. The number of fused-ring (bicyclic) bond motifs is 2. The normalized spacial score (nSPS) is 11.7. The van der Waals surface area contributed by atoms with Crippen LogP contribution in [0.4, 0.5) is 17.1 Å². The molecule has 1 aromatic heterocycles. The molecule has 0 unspecified atom stereocenters. The Bertz CT molecular complexity index is 1300. The Kier molecular flexibility index (Phi) is 6.55. The van der Waals surface area contributed by atoms with Crippen LogP contribution in [-0.2, 0) is 20.9 Å². The van der Waals surface area contributed by atoms with E-state index in [1.807, 2.05) is 66.7 Å². The number of rotatable bonds is 9. The van der Waals surface area contributed by atoms with Crippen LogP contribution >= 0.6 is 0 Å². The van der Waals surface area contributed by atoms with Crippen molar-refractivity contribution in [3.63, 3.8) is 0 Å². The van der Waals surface area contributed by atoms with Gasteiger partial charge >= 0.3 is 0 Å². The second kappa shape index (κ2) is 9.52. The molecule has 0 aliphatic heterocycles. The van der Waals surface area contributed by atoms with Crippen molar-refractivity contribution >= 4 is 49.0 Å². The first-order valence-electron chi connectivity index (χ1n) is 10.3. The van der Waals surface area contributed by atoms with Crippen LogP contribution in [-0.4, -0.2) is 37.9 Å². The summed E-state index contributed by atoms with van der Waals surface area (Å²) in [6.45, 7) is 0.345. The maximum atomic E-state index is 11.5. The molecule has 0 fully saturated rings. The molecule has 0 aliphatic rings. The van der Waals surface area contributed by atoms with Crippen LogP contribution in [0, 0.1) is 0 Å². The zero-order valence-corrected chi connectivity index (χ0v) is 18.5. The predicted octanol–water partition coefficient (Wildman–Crippen LogP) is 4.40. The van der Waals surface area contributed by atoms with Gasteiger partial charge in [-0.1, -0.05) is 36.4 Å². The number of nitrogens with one attached hydrogen (secondary N) is 2. The summed E-state index contributed by atoms with van der Waals surface area (Å²) in [5.41, 5.74) is 5.07. The van der Waals surface area contributed by atoms with E-state index < -0.39 is 10.1 Å². The molecule has 0 radical (unpaired) electrons. The molecule has 7 nitrogen and oxygen atoms in total. The van der Waals surface area contributed by atoms with Gasteiger partial charge in [-0.2, -0.15) is 8.42 Å². The van der Waals surface area contributed by atoms with Crippen LogP contribution in [0.25, 0.3) is 21.8 Å². The molecular weight excluding hydrogens is 426 g/mol. The number of hydrogen-bond acceptors (Lipinski definition) is 7. The number of pyridine rings is 1. The topological polar surface area (TPSA) is 101 Å². The van der Waals surface area contributed by atoms with E-state index >= 15 is 0 Å². The highest BCUT2D eigenvalue weighted by molar-refractivity contribution is 7.86. The maximum Gasteiger partial charge on any atom is 0.267 e. The van der Waals surface area contributed by atoms with Gasteiger partial charge in [-0.05, 0) is 42.3 Å². The van der Waals surface area contributed by atoms with Crippen molar-refractivity contribution in [2.75, 3.05) is 30.0 Å². The van der Waals surface area contributed by atoms with Crippen molar-refractivity contribution in [3.05, 3.63) is 72.3 Å². The molecule has 0 saturated heterocycles. The largest absolute Gasteiger partial charge is 0.392 e. The van der Waals surface area contributed by atoms with Crippen molar-refractivity contribution in [2.45, 2.75) is 13.0 Å². The number of nitrogens with zero attached hydrogens (tertiary/aromatic N) is 1. The second-order valence-electron chi connectivity index (χ2n) is 7.43. The van der Waals surface area contributed by atoms with E-state index in [1.165, 1.54) is 0 Å². The maximum absolute atomic E-state index is 11.5. The van der Waals surface area contributed by atoms with Gasteiger partial charge in [0.1, 0.15) is 0 Å². The highest BCUT2D eigenvalue weighted by atomic mass is 32.2. The number of benzene rings is 3. The first-order chi connectivity index (χ1) is 15.5. The summed E-state index contributed by atoms with van der Waals surface area (Å²) >= 11 is 0. The van der Waals surface area contributed by atoms with Crippen LogP contribution < -0.4 is 10.6 Å². The quantitative estimate of drug-likeness (QED) is 0.197. The van der Waals surface area contributed by atoms with E-state index in [9.17, 15) is 13.5 Å². The Morgan fingerprint density at radius 3 is 2.19 bits per heavy atom. The van der Waals surface area contributed by atoms with Crippen molar-refractivity contribution in [1.82, 2.24) is 4.98 Å². The van der Waals surface area contributed by atoms with Gasteiger partial charge < -0.3 is 15.7 Å². The van der Waals surface area contributed by atoms with Gasteiger partial charge in [-0.15, -0.1) is 0 Å². The Labute approximate surface area is 187 Å². The zero-order chi connectivity index (χ0) is 22.6. The summed E-state index contributed by atoms with van der Waals surface area (Å²) < 4.78 is 27.4. The SMILES string of the molecule is COS(=O)(=O)CCCNc1cc(CO)cc(Nc2c3ccccc3nc3ccccc23)c1. The monoisotopic (exact) mass is 451 g/mol. The van der Waals surface area contributed by atoms with Gasteiger partial charge in [0, 0.05) is 28.7 Å². The Hall–Kier alpha value is -3.20. The minimum Gasteiger partial charge on any atom is -0.392 e. The molecule has 4 aromatic rings. The van der Waals surface area contributed by atoms with Crippen LogP contribution in [0.3, 0.4) is 0 Å². The minimum absolute atomic E-state index is 0.0592. The van der Waals surface area contributed by atoms with E-state index in [0.29, 0.717) is 13.0 Å². The molecule has 0 spiro atoms. The lowest BCUT2D eigenvalue weighted by Crippen LogP contribution is -2.12. The molecule has 8 heteroatoms. The van der Waals surface area contributed by atoms with Crippen molar-refractivity contribution in [2.24, 2.45) is 0 Å². The fraction of sp³-hybridized carbons (Fsp3) is 0.208. The molecule has 0 aliphatic carbocycles. The lowest BCUT2D eigenvalue weighted by molar-refractivity contribution is 0.282. The fourth-order valence-corrected chi connectivity index (χ4v) is 4.31. The smallest absolute Gasteiger partial charge is 0.267 e. The number of aromatic nitrogens is 1. The molecule has 3 aromatic carbocycles. The molecule has 166 valence electrons. The molecule has 0 bridgehead atoms. The molecule has 0 amide bonds. The fourth-order valence-electron chi connectivity index (χ4n) is 3.64. The van der Waals surface area contributed by atoms with Gasteiger partial charge in [0.05, 0.1) is 36.2 Å². The Balaban J connectivity index is 1.64. The Morgan fingerprint density at radius 1 is 0.938 bits per heavy atom. The highest BCUT2D eigenvalue weighted by Gasteiger charge is 2.11. The summed E-state index contributed by atoms with van der Waals surface area (Å²) in [4.78, 5) is 4.76. The van der Waals surface area contributed by atoms with Gasteiger partial charge in [-0.25, -0.2) is 4.98 Å². The standard InChI is InChI=1S/C24H25N3O4S/c1-31-32(29,30)12-6-11-25-18-13-17(16-28)14-19(15-18)26-24-20-7-2-4-9-22(20)27-23-10-5-3-8-21(23)24/h2-5,7-10,13-15,25,28H,6,11-12,16H2,1H3,(H,26,27). The van der Waals surface area contributed by atoms with E-state index in [1.54, 1.807) is 0 Å². The summed E-state index contributed by atoms with van der Waals surface area (Å²) in [6, 6.07) is 21.6. The molecule has 3 N–H and O–H groups in total. The third-order valence-electron chi connectivity index (χ3n) is 5.19. The van der Waals surface area contributed by atoms with Crippen LogP contribution in [0.2, 0.25) is 0 Å². The molecule has 4 rings (SSSR count). The zero-order valence-electron chi connectivity index (χ0n) is 17.7. The van der Waals surface area contributed by atoms with Gasteiger partial charge in [-0.3, -0.25) is 4.18 Å². The highest BCUT2D eigenvalue weighted by Crippen LogP contribution is 2.34. The van der Waals surface area contributed by atoms with Crippen LogP contribution in [0.5, 0.6) is 0 Å². The first-order valence-corrected chi connectivity index (χ1v) is 11.9. The molecule has 0 saturated carbocycles. The third-order valence-corrected chi connectivity index (χ3v) is 6.48. The lowest BCUT2D eigenvalue weighted by atomic mass is 10.1. The molecule has 32 heavy (non-hydrogen) atoms. The van der Waals surface area contributed by atoms with E-state index in [0.717, 1.165) is 51.5 Å². The van der Waals surface area contributed by atoms with Gasteiger partial charge in [0.25, 0.3) is 10.1 Å². The lowest BCUT2D eigenvalue weighted by Gasteiger charge is -2.16. The summed E-state index contributed by atoms with van der Waals surface area (Å²) in [5, 5.41) is 18.5. The Morgan fingerprint density at radius 2 is 1.56 bits per heavy atom. The van der Waals surface area contributed by atoms with Crippen LogP contribution in [0.1, 0.15) is 12.0 Å². The summed E-state index contributed by atoms with van der Waals surface area (Å²) in [5.74, 6) is -0.0592. The van der Waals surface area contributed by atoms with Crippen molar-refractivity contribution in [3.8, 4) is 0 Å².